The average Bonchev–Trinajstić information content (AvgIpc) is 1.86. The van der Waals surface area contributed by atoms with Gasteiger partial charge in [0.05, 0.1) is 0 Å². The fraction of sp³-hybridized carbons (Fsp3) is 0. The first kappa shape index (κ1) is 3.61. The smallest absolute Gasteiger partial charge is 0.219 e. The van der Waals surface area contributed by atoms with Crippen LogP contribution in [0.3, 0.4) is 0 Å². The molecule has 0 fully saturated rings. The molecule has 0 aliphatic carbocycles. The van der Waals surface area contributed by atoms with Crippen LogP contribution in [0.5, 0.6) is 0 Å². The van der Waals surface area contributed by atoms with Crippen LogP contribution in [0.2, 0.25) is 0 Å². The van der Waals surface area contributed by atoms with Crippen LogP contribution in [0.1, 0.15) is 0 Å². The zero-order valence-electron chi connectivity index (χ0n) is 2.96. The van der Waals surface area contributed by atoms with Crippen LogP contribution in [0, 0.1) is 0 Å². The Labute approximate surface area is 40.6 Å². The number of thiocarbonyl (C=S) groups is 1. The van der Waals surface area contributed by atoms with Crippen LogP contribution >= 0.6 is 12.2 Å². The van der Waals surface area contributed by atoms with E-state index in [2.05, 4.69) is 22.2 Å². The lowest BCUT2D eigenvalue weighted by Crippen LogP contribution is -1.69. The maximum absolute atomic E-state index is 4.52. The van der Waals surface area contributed by atoms with Gasteiger partial charge in [0.15, 0.2) is 0 Å². The molecule has 0 bridgehead atoms. The molecule has 2 nitrogen and oxygen atoms in total. The number of rotatable bonds is 0. The fourth-order valence-corrected chi connectivity index (χ4v) is 0.349. The minimum absolute atomic E-state index is 0.426. The molecule has 0 unspecified atom stereocenters. The summed E-state index contributed by atoms with van der Waals surface area (Å²) in [6.45, 7) is 0. The van der Waals surface area contributed by atoms with Gasteiger partial charge in [0.25, 0.3) is 0 Å². The van der Waals surface area contributed by atoms with E-state index in [0.717, 1.165) is 0 Å². The van der Waals surface area contributed by atoms with E-state index in [1.807, 2.05) is 0 Å². The van der Waals surface area contributed by atoms with Crippen molar-refractivity contribution in [1.29, 1.82) is 0 Å². The summed E-state index contributed by atoms with van der Waals surface area (Å²) in [6.07, 6.45) is 3.14. The molecule has 0 radical (unpaired) electrons. The molecule has 0 N–H and O–H groups in total. The van der Waals surface area contributed by atoms with E-state index >= 15 is 0 Å². The fourth-order valence-electron chi connectivity index (χ4n) is 0.228. The molecule has 6 heavy (non-hydrogen) atoms. The third-order valence-corrected chi connectivity index (χ3v) is 0.647. The first-order valence-corrected chi connectivity index (χ1v) is 1.91. The Hall–Kier alpha value is -0.570. The molecule has 1 heterocycles. The van der Waals surface area contributed by atoms with Gasteiger partial charge in [-0.15, -0.1) is 0 Å². The first-order chi connectivity index (χ1) is 2.89. The van der Waals surface area contributed by atoms with Crippen molar-refractivity contribution in [3.8, 4) is 0 Å². The Morgan fingerprint density at radius 3 is 2.00 bits per heavy atom. The van der Waals surface area contributed by atoms with Crippen LogP contribution < -0.4 is 0 Å². The zero-order chi connectivity index (χ0) is 4.41. The SMILES string of the molecule is S=C1N=CC=N1. The summed E-state index contributed by atoms with van der Waals surface area (Å²) in [4.78, 5) is 7.24. The summed E-state index contributed by atoms with van der Waals surface area (Å²) in [7, 11) is 0. The van der Waals surface area contributed by atoms with Gasteiger partial charge in [0, 0.05) is 12.4 Å². The summed E-state index contributed by atoms with van der Waals surface area (Å²) in [5.74, 6) is 0. The highest BCUT2D eigenvalue weighted by atomic mass is 32.1. The number of hydrogen-bond acceptors (Lipinski definition) is 1. The van der Waals surface area contributed by atoms with Crippen molar-refractivity contribution in [2.75, 3.05) is 0 Å². The molecule has 1 aliphatic rings. The minimum Gasteiger partial charge on any atom is -0.225 e. The molecule has 0 aromatic heterocycles. The standard InChI is InChI=1S/C3H2N2S/c6-3-4-1-2-5-3/h1-2H. The van der Waals surface area contributed by atoms with Crippen LogP contribution in [-0.2, 0) is 0 Å². The highest BCUT2D eigenvalue weighted by molar-refractivity contribution is 7.80. The van der Waals surface area contributed by atoms with Crippen molar-refractivity contribution in [3.63, 3.8) is 0 Å². The van der Waals surface area contributed by atoms with E-state index in [1.54, 1.807) is 12.4 Å². The predicted octanol–water partition coefficient (Wildman–Crippen LogP) is 0.426. The maximum Gasteiger partial charge on any atom is 0.219 e. The third-order valence-electron chi connectivity index (χ3n) is 0.437. The summed E-state index contributed by atoms with van der Waals surface area (Å²) < 4.78 is 0. The van der Waals surface area contributed by atoms with Gasteiger partial charge < -0.3 is 0 Å². The van der Waals surface area contributed by atoms with Crippen molar-refractivity contribution < 1.29 is 0 Å². The van der Waals surface area contributed by atoms with Crippen LogP contribution in [0.15, 0.2) is 9.98 Å². The first-order valence-electron chi connectivity index (χ1n) is 1.50. The summed E-state index contributed by atoms with van der Waals surface area (Å²) in [6, 6.07) is 0. The quantitative estimate of drug-likeness (QED) is 0.403. The lowest BCUT2D eigenvalue weighted by atomic mass is 10.9. The second kappa shape index (κ2) is 1.26. The Morgan fingerprint density at radius 2 is 1.83 bits per heavy atom. The average molecular weight is 98.1 g/mol. The van der Waals surface area contributed by atoms with Gasteiger partial charge in [0.1, 0.15) is 0 Å². The second-order valence-electron chi connectivity index (χ2n) is 0.839. The molecule has 1 rings (SSSR count). The highest BCUT2D eigenvalue weighted by Gasteiger charge is 1.86. The van der Waals surface area contributed by atoms with E-state index in [-0.39, 0.29) is 0 Å². The molecule has 0 saturated heterocycles. The topological polar surface area (TPSA) is 24.7 Å². The lowest BCUT2D eigenvalue weighted by molar-refractivity contribution is 1.69. The summed E-state index contributed by atoms with van der Waals surface area (Å²) >= 11 is 4.52. The van der Waals surface area contributed by atoms with Crippen molar-refractivity contribution >= 4 is 29.8 Å². The third kappa shape index (κ3) is 0.490. The largest absolute Gasteiger partial charge is 0.225 e. The predicted molar refractivity (Wildman–Crippen MR) is 29.6 cm³/mol. The molecular weight excluding hydrogens is 96.1 g/mol. The molecule has 0 aromatic rings. The maximum atomic E-state index is 4.52. The number of aliphatic imine (C=N–C) groups is 2. The second-order valence-corrected chi connectivity index (χ2v) is 1.20. The number of nitrogens with zero attached hydrogens (tertiary/aromatic N) is 2. The van der Waals surface area contributed by atoms with Crippen molar-refractivity contribution in [2.45, 2.75) is 0 Å². The normalized spacial score (nSPS) is 17.0. The Morgan fingerprint density at radius 1 is 1.33 bits per heavy atom. The van der Waals surface area contributed by atoms with Gasteiger partial charge in [-0.3, -0.25) is 0 Å². The molecule has 1 aliphatic heterocycles. The minimum atomic E-state index is 0.426. The van der Waals surface area contributed by atoms with Gasteiger partial charge in [0.2, 0.25) is 5.11 Å². The van der Waals surface area contributed by atoms with E-state index < -0.39 is 0 Å². The molecule has 0 spiro atoms. The summed E-state index contributed by atoms with van der Waals surface area (Å²) in [5.41, 5.74) is 0. The molecule has 0 aromatic carbocycles. The van der Waals surface area contributed by atoms with Crippen molar-refractivity contribution in [3.05, 3.63) is 0 Å². The highest BCUT2D eigenvalue weighted by Crippen LogP contribution is 1.83. The molecular formula is C3H2N2S. The van der Waals surface area contributed by atoms with Crippen molar-refractivity contribution in [1.82, 2.24) is 0 Å². The van der Waals surface area contributed by atoms with Gasteiger partial charge in [-0.25, -0.2) is 9.98 Å². The van der Waals surface area contributed by atoms with Crippen LogP contribution in [0.25, 0.3) is 0 Å². The molecule has 0 saturated carbocycles. The van der Waals surface area contributed by atoms with Gasteiger partial charge in [-0.1, -0.05) is 0 Å². The van der Waals surface area contributed by atoms with Crippen LogP contribution in [-0.4, -0.2) is 17.5 Å². The van der Waals surface area contributed by atoms with Gasteiger partial charge >= 0.3 is 0 Å². The van der Waals surface area contributed by atoms with Crippen molar-refractivity contribution in [2.24, 2.45) is 9.98 Å². The van der Waals surface area contributed by atoms with E-state index in [0.29, 0.717) is 5.11 Å². The Balaban J connectivity index is 2.86. The Bertz CT molecular complexity index is 111. The molecule has 0 amide bonds. The van der Waals surface area contributed by atoms with Crippen LogP contribution in [0.4, 0.5) is 0 Å². The number of hydrogen-bond donors (Lipinski definition) is 0. The van der Waals surface area contributed by atoms with E-state index in [4.69, 9.17) is 0 Å². The van der Waals surface area contributed by atoms with Gasteiger partial charge in [-0.2, -0.15) is 0 Å². The Kier molecular flexibility index (Phi) is 0.759. The molecule has 0 atom stereocenters. The molecule has 30 valence electrons. The zero-order valence-corrected chi connectivity index (χ0v) is 3.77. The lowest BCUT2D eigenvalue weighted by Gasteiger charge is -1.67. The summed E-state index contributed by atoms with van der Waals surface area (Å²) in [5, 5.41) is 0.426. The van der Waals surface area contributed by atoms with Gasteiger partial charge in [-0.05, 0) is 12.2 Å². The van der Waals surface area contributed by atoms with E-state index in [1.165, 1.54) is 0 Å². The monoisotopic (exact) mass is 98.0 g/mol. The molecule has 3 heteroatoms. The van der Waals surface area contributed by atoms with E-state index in [9.17, 15) is 0 Å².